The van der Waals surface area contributed by atoms with Gasteiger partial charge in [-0.05, 0) is 72.4 Å². The van der Waals surface area contributed by atoms with Crippen molar-refractivity contribution >= 4 is 17.7 Å². The third-order valence-corrected chi connectivity index (χ3v) is 12.3. The van der Waals surface area contributed by atoms with Crippen LogP contribution in [0.15, 0.2) is 0 Å². The number of unbranched alkanes of at least 4 members (excludes halogenated alkanes) is 21. The van der Waals surface area contributed by atoms with Crippen LogP contribution in [0, 0.1) is 0 Å². The molecule has 12 nitrogen and oxygen atoms in total. The van der Waals surface area contributed by atoms with Crippen molar-refractivity contribution in [1.82, 2.24) is 29.4 Å². The van der Waals surface area contributed by atoms with Crippen LogP contribution in [-0.4, -0.2) is 181 Å². The van der Waals surface area contributed by atoms with Crippen molar-refractivity contribution in [1.29, 1.82) is 0 Å². The van der Waals surface area contributed by atoms with Crippen LogP contribution in [0.5, 0.6) is 0 Å². The Bertz CT molecular complexity index is 1020. The van der Waals surface area contributed by atoms with E-state index in [1.54, 1.807) is 35.8 Å². The predicted molar refractivity (Wildman–Crippen MR) is 259 cm³/mol. The van der Waals surface area contributed by atoms with Gasteiger partial charge in [0.05, 0.1) is 0 Å². The second kappa shape index (κ2) is 40.7. The summed E-state index contributed by atoms with van der Waals surface area (Å²) in [4.78, 5) is 50.9. The van der Waals surface area contributed by atoms with Crippen molar-refractivity contribution in [2.45, 2.75) is 206 Å². The number of aliphatic hydroxyl groups is 3. The molecule has 3 amide bonds. The van der Waals surface area contributed by atoms with E-state index in [-0.39, 0.29) is 37.4 Å². The smallest absolute Gasteiger partial charge is 0.252 e. The maximum atomic E-state index is 13.4. The van der Waals surface area contributed by atoms with E-state index in [1.807, 2.05) is 19.0 Å². The molecule has 0 bridgehead atoms. The molecule has 0 aliphatic heterocycles. The summed E-state index contributed by atoms with van der Waals surface area (Å²) in [5.41, 5.74) is 0. The van der Waals surface area contributed by atoms with Gasteiger partial charge >= 0.3 is 0 Å². The molecule has 3 N–H and O–H groups in total. The molecule has 0 aliphatic carbocycles. The molecule has 0 fully saturated rings. The first-order valence-electron chi connectivity index (χ1n) is 25.7. The fourth-order valence-electron chi connectivity index (χ4n) is 8.19. The van der Waals surface area contributed by atoms with Gasteiger partial charge in [-0.1, -0.05) is 156 Å². The lowest BCUT2D eigenvalue weighted by Gasteiger charge is -2.31. The fraction of sp³-hybridized carbons (Fsp3) is 0.940. The molecule has 0 saturated heterocycles. The van der Waals surface area contributed by atoms with E-state index in [0.29, 0.717) is 45.7 Å². The van der Waals surface area contributed by atoms with Crippen molar-refractivity contribution in [3.63, 3.8) is 0 Å². The highest BCUT2D eigenvalue weighted by atomic mass is 16.3. The minimum atomic E-state index is -1.29. The van der Waals surface area contributed by atoms with Gasteiger partial charge in [0.1, 0.15) is 18.3 Å². The summed E-state index contributed by atoms with van der Waals surface area (Å²) in [6.45, 7) is 11.2. The number of amides is 3. The highest BCUT2D eigenvalue weighted by Crippen LogP contribution is 2.13. The number of likely N-dealkylation sites (N-methyl/N-ethyl adjacent to an activating group) is 3. The first-order chi connectivity index (χ1) is 29.8. The van der Waals surface area contributed by atoms with Crippen LogP contribution in [0.4, 0.5) is 0 Å². The highest BCUT2D eigenvalue weighted by Gasteiger charge is 2.28. The number of rotatable bonds is 44. The van der Waals surface area contributed by atoms with E-state index in [9.17, 15) is 29.7 Å². The Balaban J connectivity index is 5.52. The van der Waals surface area contributed by atoms with E-state index < -0.39 is 18.3 Å². The Morgan fingerprint density at radius 2 is 0.565 bits per heavy atom. The molecule has 12 heteroatoms. The molecule has 0 aliphatic rings. The quantitative estimate of drug-likeness (QED) is 0.0525. The Kier molecular flexibility index (Phi) is 39.5. The normalized spacial score (nSPS) is 13.3. The van der Waals surface area contributed by atoms with Crippen LogP contribution in [0.1, 0.15) is 188 Å². The Hall–Kier alpha value is -1.83. The van der Waals surface area contributed by atoms with E-state index in [2.05, 4.69) is 30.6 Å². The predicted octanol–water partition coefficient (Wildman–Crippen LogP) is 7.81. The van der Waals surface area contributed by atoms with E-state index in [0.717, 1.165) is 64.3 Å². The van der Waals surface area contributed by atoms with Crippen molar-refractivity contribution in [3.05, 3.63) is 0 Å². The number of carbonyl (C=O) groups is 3. The van der Waals surface area contributed by atoms with E-state index >= 15 is 0 Å². The van der Waals surface area contributed by atoms with Gasteiger partial charge in [-0.2, -0.15) is 0 Å². The molecule has 0 aromatic carbocycles. The number of aliphatic hydroxyl groups excluding tert-OH is 3. The van der Waals surface area contributed by atoms with Gasteiger partial charge in [0, 0.05) is 60.4 Å². The largest absolute Gasteiger partial charge is 0.382 e. The Labute approximate surface area is 382 Å². The van der Waals surface area contributed by atoms with Gasteiger partial charge in [-0.25, -0.2) is 0 Å². The highest BCUT2D eigenvalue weighted by molar-refractivity contribution is 5.81. The van der Waals surface area contributed by atoms with Crippen molar-refractivity contribution in [3.8, 4) is 0 Å². The van der Waals surface area contributed by atoms with Crippen LogP contribution in [-0.2, 0) is 14.4 Å². The van der Waals surface area contributed by atoms with Gasteiger partial charge in [0.25, 0.3) is 17.7 Å². The zero-order valence-corrected chi connectivity index (χ0v) is 41.9. The second-order valence-electron chi connectivity index (χ2n) is 18.8. The molecule has 0 heterocycles. The average Bonchev–Trinajstić information content (AvgIpc) is 3.24. The van der Waals surface area contributed by atoms with Crippen molar-refractivity contribution < 1.29 is 29.7 Å². The first-order valence-corrected chi connectivity index (χ1v) is 25.7. The Morgan fingerprint density at radius 3 is 0.855 bits per heavy atom. The van der Waals surface area contributed by atoms with Gasteiger partial charge < -0.3 is 39.8 Å². The molecule has 3 atom stereocenters. The molecule has 3 unspecified atom stereocenters. The summed E-state index contributed by atoms with van der Waals surface area (Å²) in [5, 5.41) is 33.6. The minimum absolute atomic E-state index is 0.00202. The standard InChI is InChI=1S/C50H102N6O6/c1-9-12-15-18-21-24-27-30-36-52(6)48(60)45(57)42-55(39-33-35-51(4)5)40-34-41-56(43-46(58)49(61)53(7)37-31-28-25-22-19-16-13-10-2)44-47(59)50(62)54(8)38-32-29-26-23-20-17-14-11-3/h45-47,57-59H,9-44H2,1-8H3. The summed E-state index contributed by atoms with van der Waals surface area (Å²) in [6.07, 6.45) is 25.9. The van der Waals surface area contributed by atoms with Crippen LogP contribution in [0.3, 0.4) is 0 Å². The number of hydrogen-bond acceptors (Lipinski definition) is 9. The lowest BCUT2D eigenvalue weighted by Crippen LogP contribution is -2.49. The zero-order chi connectivity index (χ0) is 46.4. The summed E-state index contributed by atoms with van der Waals surface area (Å²) >= 11 is 0. The lowest BCUT2D eigenvalue weighted by atomic mass is 10.1. The molecule has 0 spiro atoms. The summed E-state index contributed by atoms with van der Waals surface area (Å²) < 4.78 is 0. The summed E-state index contributed by atoms with van der Waals surface area (Å²) in [5.74, 6) is -0.968. The van der Waals surface area contributed by atoms with Crippen LogP contribution in [0.25, 0.3) is 0 Å². The monoisotopic (exact) mass is 883 g/mol. The molecular weight excluding hydrogens is 781 g/mol. The summed E-state index contributed by atoms with van der Waals surface area (Å²) in [7, 11) is 9.31. The molecule has 0 radical (unpaired) electrons. The molecule has 62 heavy (non-hydrogen) atoms. The average molecular weight is 883 g/mol. The lowest BCUT2D eigenvalue weighted by molar-refractivity contribution is -0.142. The molecule has 0 aromatic rings. The minimum Gasteiger partial charge on any atom is -0.382 e. The SMILES string of the molecule is CCCCCCCCCCN(C)C(=O)C(O)CN(CCCN(C)C)CCCN(CC(O)C(=O)N(C)CCCCCCCCCC)CC(O)C(=O)N(C)CCCCCCCCCC. The fourth-order valence-corrected chi connectivity index (χ4v) is 8.19. The van der Waals surface area contributed by atoms with Gasteiger partial charge in [-0.3, -0.25) is 19.3 Å². The topological polar surface area (TPSA) is 131 Å². The van der Waals surface area contributed by atoms with Gasteiger partial charge in [0.2, 0.25) is 0 Å². The Morgan fingerprint density at radius 1 is 0.323 bits per heavy atom. The number of carbonyl (C=O) groups excluding carboxylic acids is 3. The molecule has 368 valence electrons. The molecule has 0 rings (SSSR count). The van der Waals surface area contributed by atoms with Crippen LogP contribution in [0.2, 0.25) is 0 Å². The maximum absolute atomic E-state index is 13.4. The van der Waals surface area contributed by atoms with Crippen LogP contribution >= 0.6 is 0 Å². The number of nitrogens with zero attached hydrogens (tertiary/aromatic N) is 6. The van der Waals surface area contributed by atoms with Crippen molar-refractivity contribution in [2.75, 3.05) is 101 Å². The summed E-state index contributed by atoms with van der Waals surface area (Å²) in [6, 6.07) is 0. The second-order valence-corrected chi connectivity index (χ2v) is 18.8. The first kappa shape index (κ1) is 60.2. The maximum Gasteiger partial charge on any atom is 0.252 e. The van der Waals surface area contributed by atoms with Gasteiger partial charge in [0.15, 0.2) is 0 Å². The third-order valence-electron chi connectivity index (χ3n) is 12.3. The third kappa shape index (κ3) is 32.8. The number of hydrogen-bond donors (Lipinski definition) is 3. The molecule has 0 aromatic heterocycles. The zero-order valence-electron chi connectivity index (χ0n) is 41.9. The van der Waals surface area contributed by atoms with Gasteiger partial charge in [-0.15, -0.1) is 0 Å². The molecular formula is C50H102N6O6. The van der Waals surface area contributed by atoms with E-state index in [4.69, 9.17) is 0 Å². The van der Waals surface area contributed by atoms with Crippen molar-refractivity contribution in [2.24, 2.45) is 0 Å². The molecule has 0 saturated carbocycles. The van der Waals surface area contributed by atoms with E-state index in [1.165, 1.54) is 103 Å². The van der Waals surface area contributed by atoms with Crippen LogP contribution < -0.4 is 0 Å².